The summed E-state index contributed by atoms with van der Waals surface area (Å²) in [6.45, 7) is 4.30. The summed E-state index contributed by atoms with van der Waals surface area (Å²) in [6, 6.07) is 5.32. The predicted octanol–water partition coefficient (Wildman–Crippen LogP) is 2.28. The lowest BCUT2D eigenvalue weighted by atomic mass is 10.3. The van der Waals surface area contributed by atoms with E-state index in [1.54, 1.807) is 0 Å². The topological polar surface area (TPSA) is 66.7 Å². The number of halogens is 2. The Kier molecular flexibility index (Phi) is 4.91. The highest BCUT2D eigenvalue weighted by molar-refractivity contribution is 7.89. The second-order valence-corrected chi connectivity index (χ2v) is 8.04. The third kappa shape index (κ3) is 3.61. The van der Waals surface area contributed by atoms with Crippen LogP contribution in [0.25, 0.3) is 0 Å². The molecular weight excluding hydrogens is 357 g/mol. The van der Waals surface area contributed by atoms with Gasteiger partial charge in [0.2, 0.25) is 10.0 Å². The van der Waals surface area contributed by atoms with E-state index >= 15 is 0 Å². The van der Waals surface area contributed by atoms with E-state index in [2.05, 4.69) is 10.1 Å². The van der Waals surface area contributed by atoms with Crippen LogP contribution in [0, 0.1) is 12.7 Å². The van der Waals surface area contributed by atoms with Gasteiger partial charge in [-0.25, -0.2) is 12.8 Å². The Labute approximate surface area is 144 Å². The van der Waals surface area contributed by atoms with Crippen molar-refractivity contribution in [1.82, 2.24) is 14.4 Å². The molecule has 1 aliphatic rings. The van der Waals surface area contributed by atoms with Crippen molar-refractivity contribution in [2.75, 3.05) is 26.2 Å². The molecule has 1 aromatic heterocycles. The van der Waals surface area contributed by atoms with Gasteiger partial charge in [-0.05, 0) is 25.1 Å². The van der Waals surface area contributed by atoms with Crippen molar-refractivity contribution in [3.63, 3.8) is 0 Å². The Morgan fingerprint density at radius 1 is 1.25 bits per heavy atom. The summed E-state index contributed by atoms with van der Waals surface area (Å²) in [4.78, 5) is 2.11. The molecule has 0 bridgehead atoms. The van der Waals surface area contributed by atoms with Crippen LogP contribution < -0.4 is 0 Å². The van der Waals surface area contributed by atoms with Crippen molar-refractivity contribution in [1.29, 1.82) is 0 Å². The van der Waals surface area contributed by atoms with Gasteiger partial charge in [-0.2, -0.15) is 4.31 Å². The number of rotatable bonds is 4. The number of sulfonamides is 1. The molecule has 6 nitrogen and oxygen atoms in total. The Bertz CT molecular complexity index is 832. The zero-order valence-corrected chi connectivity index (χ0v) is 14.6. The van der Waals surface area contributed by atoms with Crippen LogP contribution in [-0.2, 0) is 16.6 Å². The van der Waals surface area contributed by atoms with Crippen molar-refractivity contribution < 1.29 is 17.3 Å². The van der Waals surface area contributed by atoms with E-state index in [-0.39, 0.29) is 9.92 Å². The summed E-state index contributed by atoms with van der Waals surface area (Å²) in [5, 5.41) is 3.64. The molecule has 130 valence electrons. The monoisotopic (exact) mass is 373 g/mol. The first-order valence-electron chi connectivity index (χ1n) is 7.46. The Hall–Kier alpha value is -1.48. The summed E-state index contributed by atoms with van der Waals surface area (Å²) in [5.74, 6) is 0.122. The summed E-state index contributed by atoms with van der Waals surface area (Å²) in [6.07, 6.45) is 0. The van der Waals surface area contributed by atoms with Gasteiger partial charge in [-0.1, -0.05) is 16.8 Å². The molecule has 0 atom stereocenters. The van der Waals surface area contributed by atoms with Crippen LogP contribution in [-0.4, -0.2) is 49.0 Å². The maximum atomic E-state index is 13.2. The lowest BCUT2D eigenvalue weighted by Crippen LogP contribution is -2.48. The summed E-state index contributed by atoms with van der Waals surface area (Å²) >= 11 is 5.69. The van der Waals surface area contributed by atoms with Gasteiger partial charge < -0.3 is 4.52 Å². The van der Waals surface area contributed by atoms with Gasteiger partial charge in [0.15, 0.2) is 5.76 Å². The molecule has 0 N–H and O–H groups in total. The van der Waals surface area contributed by atoms with Crippen molar-refractivity contribution in [2.45, 2.75) is 18.4 Å². The minimum absolute atomic E-state index is 0.00760. The molecule has 0 saturated carbocycles. The molecular formula is C15H17ClFN3O3S. The van der Waals surface area contributed by atoms with Gasteiger partial charge in [0.25, 0.3) is 0 Å². The fourth-order valence-corrected chi connectivity index (χ4v) is 4.32. The van der Waals surface area contributed by atoms with E-state index in [0.29, 0.717) is 32.7 Å². The maximum Gasteiger partial charge on any atom is 0.243 e. The third-order valence-corrected chi connectivity index (χ3v) is 6.10. The molecule has 0 amide bonds. The van der Waals surface area contributed by atoms with Crippen LogP contribution in [0.4, 0.5) is 4.39 Å². The number of aryl methyl sites for hydroxylation is 1. The quantitative estimate of drug-likeness (QED) is 0.822. The third-order valence-electron chi connectivity index (χ3n) is 3.92. The molecule has 1 aliphatic heterocycles. The van der Waals surface area contributed by atoms with Crippen molar-refractivity contribution in [3.8, 4) is 0 Å². The zero-order chi connectivity index (χ0) is 17.3. The molecule has 2 heterocycles. The molecule has 0 unspecified atom stereocenters. The standard InChI is InChI=1S/C15H17ClFN3O3S/c1-11-8-12(23-18-11)10-19-4-6-20(7-5-19)24(21,22)13-2-3-15(17)14(16)9-13/h2-3,8-9H,4-7,10H2,1H3. The van der Waals surface area contributed by atoms with Crippen molar-refractivity contribution >= 4 is 21.6 Å². The van der Waals surface area contributed by atoms with E-state index in [4.69, 9.17) is 16.1 Å². The summed E-state index contributed by atoms with van der Waals surface area (Å²) in [7, 11) is -3.67. The van der Waals surface area contributed by atoms with Gasteiger partial charge >= 0.3 is 0 Å². The number of hydrogen-bond acceptors (Lipinski definition) is 5. The second kappa shape index (κ2) is 6.79. The lowest BCUT2D eigenvalue weighted by Gasteiger charge is -2.33. The Morgan fingerprint density at radius 3 is 2.54 bits per heavy atom. The van der Waals surface area contributed by atoms with E-state index in [9.17, 15) is 12.8 Å². The molecule has 3 rings (SSSR count). The van der Waals surface area contributed by atoms with Gasteiger partial charge in [0, 0.05) is 32.2 Å². The largest absolute Gasteiger partial charge is 0.360 e. The molecule has 0 radical (unpaired) electrons. The van der Waals surface area contributed by atoms with E-state index < -0.39 is 15.8 Å². The minimum Gasteiger partial charge on any atom is -0.360 e. The zero-order valence-electron chi connectivity index (χ0n) is 13.1. The molecule has 1 aromatic carbocycles. The summed E-state index contributed by atoms with van der Waals surface area (Å²) in [5.41, 5.74) is 0.819. The van der Waals surface area contributed by atoms with Crippen molar-refractivity contribution in [2.24, 2.45) is 0 Å². The van der Waals surface area contributed by atoms with Gasteiger partial charge in [-0.3, -0.25) is 4.90 Å². The molecule has 9 heteroatoms. The number of nitrogens with zero attached hydrogens (tertiary/aromatic N) is 3. The average molecular weight is 374 g/mol. The molecule has 24 heavy (non-hydrogen) atoms. The maximum absolute atomic E-state index is 13.2. The molecule has 0 aliphatic carbocycles. The van der Waals surface area contributed by atoms with E-state index in [0.717, 1.165) is 23.6 Å². The fraction of sp³-hybridized carbons (Fsp3) is 0.400. The molecule has 1 fully saturated rings. The smallest absolute Gasteiger partial charge is 0.243 e. The number of aromatic nitrogens is 1. The molecule has 1 saturated heterocycles. The average Bonchev–Trinajstić information content (AvgIpc) is 2.95. The van der Waals surface area contributed by atoms with E-state index in [1.807, 2.05) is 13.0 Å². The van der Waals surface area contributed by atoms with Gasteiger partial charge in [0.1, 0.15) is 5.82 Å². The first kappa shape index (κ1) is 17.3. The minimum atomic E-state index is -3.67. The predicted molar refractivity (Wildman–Crippen MR) is 86.7 cm³/mol. The van der Waals surface area contributed by atoms with Crippen LogP contribution >= 0.6 is 11.6 Å². The molecule has 2 aromatic rings. The van der Waals surface area contributed by atoms with E-state index in [1.165, 1.54) is 10.4 Å². The first-order chi connectivity index (χ1) is 11.4. The number of hydrogen-bond donors (Lipinski definition) is 0. The molecule has 0 spiro atoms. The van der Waals surface area contributed by atoms with Crippen LogP contribution in [0.2, 0.25) is 5.02 Å². The normalized spacial score (nSPS) is 17.3. The number of benzene rings is 1. The highest BCUT2D eigenvalue weighted by Crippen LogP contribution is 2.23. The summed E-state index contributed by atoms with van der Waals surface area (Å²) < 4.78 is 45.0. The van der Waals surface area contributed by atoms with Gasteiger partial charge in [0.05, 0.1) is 22.2 Å². The van der Waals surface area contributed by atoms with Gasteiger partial charge in [-0.15, -0.1) is 0 Å². The Morgan fingerprint density at radius 2 is 1.96 bits per heavy atom. The fourth-order valence-electron chi connectivity index (χ4n) is 2.63. The number of piperazine rings is 1. The van der Waals surface area contributed by atoms with Crippen LogP contribution in [0.1, 0.15) is 11.5 Å². The lowest BCUT2D eigenvalue weighted by molar-refractivity contribution is 0.166. The SMILES string of the molecule is Cc1cc(CN2CCN(S(=O)(=O)c3ccc(F)c(Cl)c3)CC2)on1. The van der Waals surface area contributed by atoms with Crippen molar-refractivity contribution in [3.05, 3.63) is 46.6 Å². The Balaban J connectivity index is 1.65. The first-order valence-corrected chi connectivity index (χ1v) is 9.28. The highest BCUT2D eigenvalue weighted by atomic mass is 35.5. The van der Waals surface area contributed by atoms with Crippen LogP contribution in [0.3, 0.4) is 0 Å². The highest BCUT2D eigenvalue weighted by Gasteiger charge is 2.29. The van der Waals surface area contributed by atoms with Crippen LogP contribution in [0.5, 0.6) is 0 Å². The second-order valence-electron chi connectivity index (χ2n) is 5.69. The van der Waals surface area contributed by atoms with Crippen LogP contribution in [0.15, 0.2) is 33.7 Å².